The molecule has 0 fully saturated rings. The van der Waals surface area contributed by atoms with Crippen LogP contribution in [0.5, 0.6) is 5.75 Å². The number of fused-ring (bicyclic) bond motifs is 1. The number of hydrogen-bond acceptors (Lipinski definition) is 3. The van der Waals surface area contributed by atoms with Crippen LogP contribution in [0.15, 0.2) is 41.5 Å². The topological polar surface area (TPSA) is 59.6 Å². The zero-order valence-electron chi connectivity index (χ0n) is 9.88. The Morgan fingerprint density at radius 3 is 2.83 bits per heavy atom. The summed E-state index contributed by atoms with van der Waals surface area (Å²) in [6.07, 6.45) is 1.65. The zero-order chi connectivity index (χ0) is 13.0. The second kappa shape index (κ2) is 5.46. The molecule has 0 saturated carbocycles. The van der Waals surface area contributed by atoms with Gasteiger partial charge in [-0.25, -0.2) is 0 Å². The molecule has 4 nitrogen and oxygen atoms in total. The highest BCUT2D eigenvalue weighted by Gasteiger charge is 2.05. The Morgan fingerprint density at radius 2 is 2.11 bits per heavy atom. The monoisotopic (exact) mass is 259 g/mol. The van der Waals surface area contributed by atoms with Gasteiger partial charge in [-0.1, -0.05) is 30.3 Å². The molecule has 5 heteroatoms. The van der Waals surface area contributed by atoms with Gasteiger partial charge in [-0.2, -0.15) is 5.10 Å². The van der Waals surface area contributed by atoms with Crippen LogP contribution < -0.4 is 15.9 Å². The summed E-state index contributed by atoms with van der Waals surface area (Å²) in [7, 11) is 1.63. The largest absolute Gasteiger partial charge is 0.496 e. The third-order valence-corrected chi connectivity index (χ3v) is 2.61. The molecule has 3 N–H and O–H groups in total. The molecule has 0 aromatic heterocycles. The first-order valence-electron chi connectivity index (χ1n) is 5.36. The number of hydrazone groups is 1. The number of benzene rings is 2. The molecule has 0 amide bonds. The maximum absolute atomic E-state index is 5.33. The van der Waals surface area contributed by atoms with Crippen molar-refractivity contribution in [2.24, 2.45) is 10.8 Å². The molecule has 0 aliphatic rings. The fourth-order valence-corrected chi connectivity index (χ4v) is 1.80. The molecule has 0 saturated heterocycles. The first-order chi connectivity index (χ1) is 8.72. The van der Waals surface area contributed by atoms with Crippen molar-refractivity contribution in [2.45, 2.75) is 0 Å². The fraction of sp³-hybridized carbons (Fsp3) is 0.0769. The molecule has 0 atom stereocenters. The lowest BCUT2D eigenvalue weighted by atomic mass is 10.0. The van der Waals surface area contributed by atoms with Gasteiger partial charge in [0.25, 0.3) is 0 Å². The number of rotatable bonds is 3. The van der Waals surface area contributed by atoms with Crippen molar-refractivity contribution in [2.75, 3.05) is 7.11 Å². The highest BCUT2D eigenvalue weighted by molar-refractivity contribution is 7.80. The second-order valence-corrected chi connectivity index (χ2v) is 4.08. The molecule has 2 aromatic carbocycles. The van der Waals surface area contributed by atoms with Crippen molar-refractivity contribution in [3.05, 3.63) is 42.0 Å². The van der Waals surface area contributed by atoms with E-state index in [4.69, 9.17) is 10.5 Å². The summed E-state index contributed by atoms with van der Waals surface area (Å²) >= 11 is 4.69. The highest BCUT2D eigenvalue weighted by Crippen LogP contribution is 2.26. The van der Waals surface area contributed by atoms with Gasteiger partial charge in [0.05, 0.1) is 13.3 Å². The van der Waals surface area contributed by atoms with E-state index in [1.54, 1.807) is 13.3 Å². The number of thiocarbonyl (C=S) groups is 1. The molecule has 2 rings (SSSR count). The van der Waals surface area contributed by atoms with E-state index in [1.807, 2.05) is 36.4 Å². The summed E-state index contributed by atoms with van der Waals surface area (Å²) in [4.78, 5) is 0. The van der Waals surface area contributed by atoms with Gasteiger partial charge in [-0.15, -0.1) is 0 Å². The zero-order valence-corrected chi connectivity index (χ0v) is 10.7. The number of ether oxygens (including phenoxy) is 1. The molecule has 2 aromatic rings. The number of nitrogens with two attached hydrogens (primary N) is 1. The lowest BCUT2D eigenvalue weighted by molar-refractivity contribution is 0.415. The summed E-state index contributed by atoms with van der Waals surface area (Å²) < 4.78 is 5.33. The van der Waals surface area contributed by atoms with Gasteiger partial charge in [-0.05, 0) is 29.1 Å². The SMILES string of the molecule is COc1ccc2ccccc2c1/C=N\NC(N)=S. The van der Waals surface area contributed by atoms with Crippen LogP contribution in [0, 0.1) is 0 Å². The Hall–Kier alpha value is -2.14. The van der Waals surface area contributed by atoms with Gasteiger partial charge in [0.15, 0.2) is 5.11 Å². The van der Waals surface area contributed by atoms with Crippen LogP contribution in [-0.2, 0) is 0 Å². The van der Waals surface area contributed by atoms with Gasteiger partial charge in [-0.3, -0.25) is 5.43 Å². The van der Waals surface area contributed by atoms with Crippen molar-refractivity contribution in [1.82, 2.24) is 5.43 Å². The van der Waals surface area contributed by atoms with Gasteiger partial charge in [0.2, 0.25) is 0 Å². The van der Waals surface area contributed by atoms with E-state index in [-0.39, 0.29) is 5.11 Å². The molecular formula is C13H13N3OS. The van der Waals surface area contributed by atoms with E-state index in [9.17, 15) is 0 Å². The average Bonchev–Trinajstić information content (AvgIpc) is 2.38. The van der Waals surface area contributed by atoms with Crippen LogP contribution in [-0.4, -0.2) is 18.4 Å². The summed E-state index contributed by atoms with van der Waals surface area (Å²) in [6, 6.07) is 11.9. The van der Waals surface area contributed by atoms with Crippen LogP contribution in [0.4, 0.5) is 0 Å². The van der Waals surface area contributed by atoms with Crippen LogP contribution >= 0.6 is 12.2 Å². The lowest BCUT2D eigenvalue weighted by Gasteiger charge is -2.08. The lowest BCUT2D eigenvalue weighted by Crippen LogP contribution is -2.24. The van der Waals surface area contributed by atoms with E-state index in [0.29, 0.717) is 0 Å². The Bertz CT molecular complexity index is 610. The van der Waals surface area contributed by atoms with Crippen LogP contribution in [0.1, 0.15) is 5.56 Å². The summed E-state index contributed by atoms with van der Waals surface area (Å²) in [5, 5.41) is 6.29. The maximum Gasteiger partial charge on any atom is 0.184 e. The van der Waals surface area contributed by atoms with Gasteiger partial charge < -0.3 is 10.5 Å². The molecule has 0 heterocycles. The Labute approximate surface area is 110 Å². The molecule has 0 bridgehead atoms. The van der Waals surface area contributed by atoms with Crippen molar-refractivity contribution >= 4 is 34.3 Å². The first-order valence-corrected chi connectivity index (χ1v) is 5.77. The van der Waals surface area contributed by atoms with Crippen molar-refractivity contribution in [1.29, 1.82) is 0 Å². The van der Waals surface area contributed by atoms with E-state index < -0.39 is 0 Å². The molecule has 18 heavy (non-hydrogen) atoms. The number of hydrogen-bond donors (Lipinski definition) is 2. The molecule has 0 unspecified atom stereocenters. The number of nitrogens with zero attached hydrogens (tertiary/aromatic N) is 1. The Morgan fingerprint density at radius 1 is 1.33 bits per heavy atom. The minimum atomic E-state index is 0.130. The normalized spacial score (nSPS) is 10.7. The van der Waals surface area contributed by atoms with Gasteiger partial charge in [0, 0.05) is 5.56 Å². The summed E-state index contributed by atoms with van der Waals surface area (Å²) in [5.41, 5.74) is 8.74. The third kappa shape index (κ3) is 2.57. The average molecular weight is 259 g/mol. The smallest absolute Gasteiger partial charge is 0.184 e. The van der Waals surface area contributed by atoms with E-state index in [0.717, 1.165) is 22.1 Å². The number of methoxy groups -OCH3 is 1. The minimum absolute atomic E-state index is 0.130. The van der Waals surface area contributed by atoms with Crippen molar-refractivity contribution in [3.63, 3.8) is 0 Å². The highest BCUT2D eigenvalue weighted by atomic mass is 32.1. The van der Waals surface area contributed by atoms with Crippen LogP contribution in [0.3, 0.4) is 0 Å². The molecule has 0 radical (unpaired) electrons. The van der Waals surface area contributed by atoms with Gasteiger partial charge >= 0.3 is 0 Å². The van der Waals surface area contributed by atoms with Crippen molar-refractivity contribution < 1.29 is 4.74 Å². The standard InChI is InChI=1S/C13H13N3OS/c1-17-12-7-6-9-4-2-3-5-10(9)11(12)8-15-16-13(14)18/h2-8H,1H3,(H3,14,16,18)/b15-8-. The molecule has 0 aliphatic carbocycles. The summed E-state index contributed by atoms with van der Waals surface area (Å²) in [5.74, 6) is 0.752. The van der Waals surface area contributed by atoms with E-state index in [2.05, 4.69) is 22.7 Å². The van der Waals surface area contributed by atoms with E-state index in [1.165, 1.54) is 0 Å². The molecule has 0 aliphatic heterocycles. The van der Waals surface area contributed by atoms with Gasteiger partial charge in [0.1, 0.15) is 5.75 Å². The predicted molar refractivity (Wildman–Crippen MR) is 78.0 cm³/mol. The molecule has 0 spiro atoms. The van der Waals surface area contributed by atoms with Crippen molar-refractivity contribution in [3.8, 4) is 5.75 Å². The third-order valence-electron chi connectivity index (χ3n) is 2.52. The Balaban J connectivity index is 2.51. The minimum Gasteiger partial charge on any atom is -0.496 e. The fourth-order valence-electron chi connectivity index (χ4n) is 1.75. The number of nitrogens with one attached hydrogen (secondary N) is 1. The second-order valence-electron chi connectivity index (χ2n) is 3.64. The first kappa shape index (κ1) is 12.3. The molecular weight excluding hydrogens is 246 g/mol. The molecule has 92 valence electrons. The van der Waals surface area contributed by atoms with Crippen LogP contribution in [0.25, 0.3) is 10.8 Å². The summed E-state index contributed by atoms with van der Waals surface area (Å²) in [6.45, 7) is 0. The predicted octanol–water partition coefficient (Wildman–Crippen LogP) is 2.02. The Kier molecular flexibility index (Phi) is 3.74. The van der Waals surface area contributed by atoms with Crippen LogP contribution in [0.2, 0.25) is 0 Å². The quantitative estimate of drug-likeness (QED) is 0.503. The van der Waals surface area contributed by atoms with E-state index >= 15 is 0 Å². The maximum atomic E-state index is 5.33.